The lowest BCUT2D eigenvalue weighted by atomic mass is 9.95. The molecular formula is C26H30F3N3O3S. The molecule has 1 aliphatic carbocycles. The highest BCUT2D eigenvalue weighted by molar-refractivity contribution is 7.90. The molecule has 6 nitrogen and oxygen atoms in total. The van der Waals surface area contributed by atoms with E-state index in [1.165, 1.54) is 36.4 Å². The number of hydrogen-bond acceptors (Lipinski definition) is 5. The van der Waals surface area contributed by atoms with Crippen LogP contribution in [0.4, 0.5) is 13.2 Å². The van der Waals surface area contributed by atoms with E-state index < -0.39 is 39.5 Å². The summed E-state index contributed by atoms with van der Waals surface area (Å²) in [6, 6.07) is 8.59. The summed E-state index contributed by atoms with van der Waals surface area (Å²) >= 11 is 0. The molecule has 194 valence electrons. The zero-order chi connectivity index (χ0) is 27.1. The second-order valence-corrected chi connectivity index (χ2v) is 11.9. The minimum atomic E-state index is -4.84. The highest BCUT2D eigenvalue weighted by Crippen LogP contribution is 2.50. The first-order chi connectivity index (χ1) is 16.6. The summed E-state index contributed by atoms with van der Waals surface area (Å²) in [5.74, 6) is -0.898. The van der Waals surface area contributed by atoms with Crippen LogP contribution in [0.25, 0.3) is 11.1 Å². The molecular weight excluding hydrogens is 491 g/mol. The largest absolute Gasteiger partial charge is 0.413 e. The van der Waals surface area contributed by atoms with Crippen LogP contribution < -0.4 is 5.73 Å². The van der Waals surface area contributed by atoms with Gasteiger partial charge >= 0.3 is 6.18 Å². The fourth-order valence-corrected chi connectivity index (χ4v) is 5.12. The summed E-state index contributed by atoms with van der Waals surface area (Å²) in [5, 5.41) is 9.71. The first-order valence-electron chi connectivity index (χ1n) is 11.6. The molecule has 1 fully saturated rings. The molecule has 1 aliphatic rings. The molecule has 3 rings (SSSR count). The standard InChI is InChI=1S/C26H30F3N3O3S/c1-16(2)13-22(31)24(33)32(25(15-30)11-12-25)23(26(27,28)29)19-7-5-18(6-8-19)21-10-9-20(14-17(21)3)36(4,34)35/h5-10,14,16,22-23H,11-13,31H2,1-4H3/t22-,23-/m0/s1. The van der Waals surface area contributed by atoms with E-state index in [4.69, 9.17) is 5.73 Å². The van der Waals surface area contributed by atoms with Crippen molar-refractivity contribution in [1.29, 1.82) is 5.26 Å². The molecule has 0 spiro atoms. The first kappa shape index (κ1) is 27.7. The van der Waals surface area contributed by atoms with Crippen LogP contribution in [0.5, 0.6) is 0 Å². The zero-order valence-corrected chi connectivity index (χ0v) is 21.4. The van der Waals surface area contributed by atoms with Gasteiger partial charge in [0.2, 0.25) is 5.91 Å². The van der Waals surface area contributed by atoms with Gasteiger partial charge in [0.1, 0.15) is 5.54 Å². The third-order valence-electron chi connectivity index (χ3n) is 6.40. The van der Waals surface area contributed by atoms with E-state index in [1.54, 1.807) is 13.0 Å². The average molecular weight is 522 g/mol. The molecule has 0 saturated heterocycles. The Hall–Kier alpha value is -2.90. The van der Waals surface area contributed by atoms with Crippen molar-refractivity contribution in [3.8, 4) is 17.2 Å². The molecule has 2 atom stereocenters. The monoisotopic (exact) mass is 521 g/mol. The molecule has 1 saturated carbocycles. The fourth-order valence-electron chi connectivity index (χ4n) is 4.42. The molecule has 0 unspecified atom stereocenters. The van der Waals surface area contributed by atoms with Crippen molar-refractivity contribution >= 4 is 15.7 Å². The van der Waals surface area contributed by atoms with Crippen molar-refractivity contribution in [2.75, 3.05) is 6.26 Å². The molecule has 0 aliphatic heterocycles. The van der Waals surface area contributed by atoms with Crippen LogP contribution in [-0.2, 0) is 14.6 Å². The number of nitrogens with two attached hydrogens (primary N) is 1. The molecule has 2 aromatic carbocycles. The highest BCUT2D eigenvalue weighted by atomic mass is 32.2. The Morgan fingerprint density at radius 1 is 1.17 bits per heavy atom. The number of carbonyl (C=O) groups is 1. The van der Waals surface area contributed by atoms with Crippen LogP contribution in [0.15, 0.2) is 47.4 Å². The summed E-state index contributed by atoms with van der Waals surface area (Å²) < 4.78 is 67.1. The Morgan fingerprint density at radius 2 is 1.75 bits per heavy atom. The van der Waals surface area contributed by atoms with Crippen LogP contribution in [0.3, 0.4) is 0 Å². The number of aryl methyl sites for hydroxylation is 1. The third kappa shape index (κ3) is 5.73. The van der Waals surface area contributed by atoms with E-state index >= 15 is 0 Å². The smallest absolute Gasteiger partial charge is 0.320 e. The minimum Gasteiger partial charge on any atom is -0.320 e. The second-order valence-electron chi connectivity index (χ2n) is 9.90. The Balaban J connectivity index is 2.04. The van der Waals surface area contributed by atoms with Gasteiger partial charge in [0.25, 0.3) is 0 Å². The molecule has 2 N–H and O–H groups in total. The van der Waals surface area contributed by atoms with Gasteiger partial charge in [-0.1, -0.05) is 44.2 Å². The molecule has 0 aromatic heterocycles. The van der Waals surface area contributed by atoms with E-state index in [-0.39, 0.29) is 35.6 Å². The number of halogens is 3. The number of hydrogen-bond donors (Lipinski definition) is 1. The maximum Gasteiger partial charge on any atom is 0.413 e. The van der Waals surface area contributed by atoms with Gasteiger partial charge in [-0.05, 0) is 66.5 Å². The number of nitriles is 1. The van der Waals surface area contributed by atoms with Crippen LogP contribution in [0.2, 0.25) is 0 Å². The van der Waals surface area contributed by atoms with Crippen LogP contribution in [0, 0.1) is 24.2 Å². The van der Waals surface area contributed by atoms with Gasteiger partial charge in [-0.3, -0.25) is 4.79 Å². The fraction of sp³-hybridized carbons (Fsp3) is 0.462. The predicted molar refractivity (Wildman–Crippen MR) is 130 cm³/mol. The topological polar surface area (TPSA) is 104 Å². The molecule has 0 radical (unpaired) electrons. The lowest BCUT2D eigenvalue weighted by Gasteiger charge is -2.38. The molecule has 36 heavy (non-hydrogen) atoms. The van der Waals surface area contributed by atoms with E-state index in [0.717, 1.165) is 6.26 Å². The summed E-state index contributed by atoms with van der Waals surface area (Å²) in [4.78, 5) is 14.0. The van der Waals surface area contributed by atoms with Crippen molar-refractivity contribution < 1.29 is 26.4 Å². The minimum absolute atomic E-state index is 0.0102. The lowest BCUT2D eigenvalue weighted by Crippen LogP contribution is -2.54. The number of sulfone groups is 1. The highest BCUT2D eigenvalue weighted by Gasteiger charge is 2.60. The normalized spacial score (nSPS) is 16.8. The second kappa shape index (κ2) is 9.87. The molecule has 10 heteroatoms. The number of nitrogens with zero attached hydrogens (tertiary/aromatic N) is 2. The number of alkyl halides is 3. The van der Waals surface area contributed by atoms with Gasteiger partial charge < -0.3 is 10.6 Å². The maximum atomic E-state index is 14.5. The first-order valence-corrected chi connectivity index (χ1v) is 13.5. The van der Waals surface area contributed by atoms with Gasteiger partial charge in [0.05, 0.1) is 17.0 Å². The zero-order valence-electron chi connectivity index (χ0n) is 20.6. The van der Waals surface area contributed by atoms with E-state index in [1.807, 2.05) is 19.9 Å². The van der Waals surface area contributed by atoms with Gasteiger partial charge in [0, 0.05) is 6.26 Å². The van der Waals surface area contributed by atoms with Crippen LogP contribution in [-0.4, -0.2) is 43.2 Å². The van der Waals surface area contributed by atoms with Crippen molar-refractivity contribution in [2.24, 2.45) is 11.7 Å². The molecule has 0 bridgehead atoms. The van der Waals surface area contributed by atoms with Gasteiger partial charge in [-0.2, -0.15) is 18.4 Å². The number of benzene rings is 2. The summed E-state index contributed by atoms with van der Waals surface area (Å²) in [6.45, 7) is 5.36. The number of amides is 1. The summed E-state index contributed by atoms with van der Waals surface area (Å²) in [7, 11) is -3.40. The van der Waals surface area contributed by atoms with Gasteiger partial charge in [0.15, 0.2) is 15.9 Å². The Kier molecular flexibility index (Phi) is 7.59. The van der Waals surface area contributed by atoms with E-state index in [0.29, 0.717) is 21.6 Å². The van der Waals surface area contributed by atoms with Crippen molar-refractivity contribution in [1.82, 2.24) is 4.90 Å². The quantitative estimate of drug-likeness (QED) is 0.531. The van der Waals surface area contributed by atoms with Gasteiger partial charge in [-0.15, -0.1) is 0 Å². The van der Waals surface area contributed by atoms with Crippen molar-refractivity contribution in [2.45, 2.75) is 68.7 Å². The van der Waals surface area contributed by atoms with Gasteiger partial charge in [-0.25, -0.2) is 8.42 Å². The molecule has 1 amide bonds. The number of carbonyl (C=O) groups excluding carboxylic acids is 1. The van der Waals surface area contributed by atoms with Crippen molar-refractivity contribution in [3.63, 3.8) is 0 Å². The predicted octanol–water partition coefficient (Wildman–Crippen LogP) is 4.93. The Bertz CT molecular complexity index is 1280. The Labute approximate surface area is 209 Å². The number of rotatable bonds is 8. The average Bonchev–Trinajstić information content (AvgIpc) is 3.56. The SMILES string of the molecule is Cc1cc(S(C)(=O)=O)ccc1-c1ccc([C@H](N(C(=O)[C@@H](N)CC(C)C)C2(C#N)CC2)C(F)(F)F)cc1. The molecule has 2 aromatic rings. The van der Waals surface area contributed by atoms with Crippen LogP contribution in [0.1, 0.15) is 50.3 Å². The van der Waals surface area contributed by atoms with E-state index in [9.17, 15) is 31.6 Å². The summed E-state index contributed by atoms with van der Waals surface area (Å²) in [5.41, 5.74) is 6.20. The van der Waals surface area contributed by atoms with E-state index in [2.05, 4.69) is 0 Å². The van der Waals surface area contributed by atoms with Crippen molar-refractivity contribution in [3.05, 3.63) is 53.6 Å². The summed E-state index contributed by atoms with van der Waals surface area (Å²) in [6.07, 6.45) is -3.24. The lowest BCUT2D eigenvalue weighted by molar-refractivity contribution is -0.197. The third-order valence-corrected chi connectivity index (χ3v) is 7.51. The maximum absolute atomic E-state index is 14.5. The van der Waals surface area contributed by atoms with Crippen LogP contribution >= 0.6 is 0 Å². The molecule has 0 heterocycles. The Morgan fingerprint density at radius 3 is 2.17 bits per heavy atom.